The van der Waals surface area contributed by atoms with E-state index in [1.165, 1.54) is 11.5 Å². The van der Waals surface area contributed by atoms with Gasteiger partial charge in [-0.25, -0.2) is 14.8 Å². The van der Waals surface area contributed by atoms with Gasteiger partial charge in [-0.15, -0.1) is 0 Å². The fraction of sp³-hybridized carbons (Fsp3) is 0.286. The number of pyridine rings is 1. The normalized spacial score (nSPS) is 13.7. The van der Waals surface area contributed by atoms with Gasteiger partial charge in [-0.2, -0.15) is 4.37 Å². The van der Waals surface area contributed by atoms with Crippen molar-refractivity contribution in [3.63, 3.8) is 0 Å². The maximum atomic E-state index is 13.1. The minimum atomic E-state index is -1.34. The number of carbonyl (C=O) groups is 1. The van der Waals surface area contributed by atoms with Gasteiger partial charge >= 0.3 is 5.97 Å². The molecule has 1 saturated heterocycles. The summed E-state index contributed by atoms with van der Waals surface area (Å²) in [5.41, 5.74) is 5.69. The first-order valence-corrected chi connectivity index (χ1v) is 22.3. The first-order chi connectivity index (χ1) is 31.2. The van der Waals surface area contributed by atoms with Crippen molar-refractivity contribution in [3.05, 3.63) is 125 Å². The van der Waals surface area contributed by atoms with E-state index in [-0.39, 0.29) is 18.9 Å². The topological polar surface area (TPSA) is 141 Å². The van der Waals surface area contributed by atoms with E-state index in [2.05, 4.69) is 21.8 Å². The Morgan fingerprint density at radius 2 is 1.69 bits per heavy atom. The molecule has 64 heavy (non-hydrogen) atoms. The molecule has 1 unspecified atom stereocenters. The fourth-order valence-corrected chi connectivity index (χ4v) is 8.60. The van der Waals surface area contributed by atoms with Gasteiger partial charge < -0.3 is 33.7 Å². The second-order valence-corrected chi connectivity index (χ2v) is 16.5. The molecule has 330 valence electrons. The van der Waals surface area contributed by atoms with E-state index < -0.39 is 12.1 Å². The van der Waals surface area contributed by atoms with Crippen molar-refractivity contribution in [1.29, 1.82) is 0 Å². The van der Waals surface area contributed by atoms with E-state index >= 15 is 0 Å². The third kappa shape index (κ3) is 10.1. The van der Waals surface area contributed by atoms with Crippen molar-refractivity contribution >= 4 is 39.2 Å². The molecule has 13 nitrogen and oxygen atoms in total. The van der Waals surface area contributed by atoms with Crippen molar-refractivity contribution in [3.8, 4) is 62.7 Å². The van der Waals surface area contributed by atoms with Crippen LogP contribution in [0.25, 0.3) is 43.9 Å². The Kier molecular flexibility index (Phi) is 14.2. The number of aromatic nitrogens is 4. The molecule has 4 heterocycles. The van der Waals surface area contributed by atoms with Crippen LogP contribution >= 0.6 is 23.1 Å². The van der Waals surface area contributed by atoms with Crippen LogP contribution in [0.2, 0.25) is 5.02 Å². The molecule has 4 aromatic carbocycles. The lowest BCUT2D eigenvalue weighted by Gasteiger charge is -2.32. The number of hydrogen-bond donors (Lipinski definition) is 1. The lowest BCUT2D eigenvalue weighted by molar-refractivity contribution is -0.145. The van der Waals surface area contributed by atoms with Crippen LogP contribution in [-0.4, -0.2) is 106 Å². The second-order valence-electron chi connectivity index (χ2n) is 15.3. The highest BCUT2D eigenvalue weighted by atomic mass is 35.5. The van der Waals surface area contributed by atoms with Crippen molar-refractivity contribution in [1.82, 2.24) is 29.1 Å². The van der Waals surface area contributed by atoms with E-state index in [9.17, 15) is 9.90 Å². The molecule has 1 aliphatic rings. The van der Waals surface area contributed by atoms with Crippen LogP contribution in [0.15, 0.2) is 103 Å². The van der Waals surface area contributed by atoms with Gasteiger partial charge in [-0.05, 0) is 91.6 Å². The average molecular weight is 901 g/mol. The highest BCUT2D eigenvalue weighted by Gasteiger charge is 2.28. The molecule has 7 aromatic rings. The maximum Gasteiger partial charge on any atom is 0.345 e. The monoisotopic (exact) mass is 900 g/mol. The number of aliphatic carboxylic acids is 1. The predicted molar refractivity (Wildman–Crippen MR) is 249 cm³/mol. The van der Waals surface area contributed by atoms with Gasteiger partial charge in [0.25, 0.3) is 0 Å². The van der Waals surface area contributed by atoms with Crippen molar-refractivity contribution in [2.24, 2.45) is 0 Å². The molecule has 0 aliphatic carbocycles. The number of halogens is 1. The summed E-state index contributed by atoms with van der Waals surface area (Å²) in [5, 5.41) is 11.8. The summed E-state index contributed by atoms with van der Waals surface area (Å²) in [4.78, 5) is 31.9. The van der Waals surface area contributed by atoms with E-state index in [0.717, 1.165) is 55.0 Å². The molecule has 1 atom stereocenters. The Bertz CT molecular complexity index is 2740. The summed E-state index contributed by atoms with van der Waals surface area (Å²) in [6, 6.07) is 28.2. The number of methoxy groups -OCH3 is 1. The van der Waals surface area contributed by atoms with Gasteiger partial charge in [-0.1, -0.05) is 60.1 Å². The van der Waals surface area contributed by atoms with Crippen LogP contribution in [0.1, 0.15) is 23.7 Å². The van der Waals surface area contributed by atoms with Crippen LogP contribution in [0, 0.1) is 6.92 Å². The zero-order chi connectivity index (χ0) is 44.6. The van der Waals surface area contributed by atoms with Gasteiger partial charge in [0.2, 0.25) is 12.0 Å². The molecule has 0 spiro atoms. The number of likely N-dealkylation sites (N-methyl/N-ethyl adjacent to an activating group) is 1. The number of hydrogen-bond acceptors (Lipinski definition) is 13. The lowest BCUT2D eigenvalue weighted by atomic mass is 9.93. The van der Waals surface area contributed by atoms with Crippen LogP contribution < -0.4 is 23.7 Å². The first-order valence-electron chi connectivity index (χ1n) is 21.1. The number of carboxylic acid groups (broad SMARTS) is 1. The Morgan fingerprint density at radius 3 is 2.48 bits per heavy atom. The van der Waals surface area contributed by atoms with Crippen LogP contribution in [0.5, 0.6) is 28.9 Å². The number of para-hydroxylation sites is 2. The third-order valence-electron chi connectivity index (χ3n) is 11.1. The van der Waals surface area contributed by atoms with Gasteiger partial charge in [0.15, 0.2) is 5.82 Å². The summed E-state index contributed by atoms with van der Waals surface area (Å²) in [6.07, 6.45) is 2.06. The summed E-state index contributed by atoms with van der Waals surface area (Å²) >= 11 is 8.31. The van der Waals surface area contributed by atoms with E-state index in [0.29, 0.717) is 79.7 Å². The Hall–Kier alpha value is -6.32. The van der Waals surface area contributed by atoms with Gasteiger partial charge in [-0.3, -0.25) is 9.88 Å². The van der Waals surface area contributed by atoms with Gasteiger partial charge in [0.05, 0.1) is 45.8 Å². The molecule has 3 aromatic heterocycles. The number of ether oxygens (including phenoxy) is 5. The smallest absolute Gasteiger partial charge is 0.345 e. The third-order valence-corrected chi connectivity index (χ3v) is 12.4. The van der Waals surface area contributed by atoms with E-state index in [1.54, 1.807) is 31.6 Å². The van der Waals surface area contributed by atoms with E-state index in [1.807, 2.05) is 92.7 Å². The van der Waals surface area contributed by atoms with Crippen molar-refractivity contribution in [2.45, 2.75) is 33.0 Å². The van der Waals surface area contributed by atoms with E-state index in [4.69, 9.17) is 49.6 Å². The largest absolute Gasteiger partial charge is 0.496 e. The minimum Gasteiger partial charge on any atom is -0.496 e. The number of benzene rings is 4. The molecule has 15 heteroatoms. The number of carboxylic acids is 1. The number of piperazine rings is 1. The molecular formula is C49H49ClN6O7S. The maximum absolute atomic E-state index is 13.1. The average Bonchev–Trinajstić information content (AvgIpc) is 3.73. The molecule has 1 aliphatic heterocycles. The summed E-state index contributed by atoms with van der Waals surface area (Å²) in [5.74, 6) is 1.93. The lowest BCUT2D eigenvalue weighted by Crippen LogP contribution is -2.45. The summed E-state index contributed by atoms with van der Waals surface area (Å²) in [7, 11) is 3.74. The zero-order valence-electron chi connectivity index (χ0n) is 36.1. The Balaban J connectivity index is 1.10. The summed E-state index contributed by atoms with van der Waals surface area (Å²) < 4.78 is 35.8. The molecule has 0 radical (unpaired) electrons. The van der Waals surface area contributed by atoms with Crippen LogP contribution in [-0.2, 0) is 17.8 Å². The number of rotatable bonds is 18. The van der Waals surface area contributed by atoms with Crippen LogP contribution in [0.4, 0.5) is 0 Å². The van der Waals surface area contributed by atoms with Crippen molar-refractivity contribution < 1.29 is 33.6 Å². The fourth-order valence-electron chi connectivity index (χ4n) is 7.69. The highest BCUT2D eigenvalue weighted by Crippen LogP contribution is 2.46. The van der Waals surface area contributed by atoms with Crippen LogP contribution in [0.3, 0.4) is 0 Å². The van der Waals surface area contributed by atoms with Crippen molar-refractivity contribution in [2.75, 3.05) is 60.1 Å². The van der Waals surface area contributed by atoms with Gasteiger partial charge in [0, 0.05) is 62.7 Å². The first kappa shape index (κ1) is 44.3. The van der Waals surface area contributed by atoms with Gasteiger partial charge in [0.1, 0.15) is 36.2 Å². The number of fused-ring (bicyclic) bond motifs is 1. The molecule has 0 saturated carbocycles. The number of nitrogens with zero attached hydrogens (tertiary/aromatic N) is 6. The minimum absolute atomic E-state index is 0.0184. The highest BCUT2D eigenvalue weighted by molar-refractivity contribution is 7.13. The Morgan fingerprint density at radius 1 is 0.891 bits per heavy atom. The standard InChI is InChI=1S/C49H49ClN6O7S/c1-5-60-35-13-10-12-33(27-35)46-43(36-17-18-40(45(50)31(36)2)61-26-25-56-23-21-55(3)22-24-56)44-42(29-52-46)64-54-48(44)63-41(49(57)58)28-32-11-6-8-15-38(32)62-30-34-19-20-51-47(53-34)37-14-7-9-16-39(37)59-4/h6-20,27,29,41H,5,21-26,28,30H2,1-4H3,(H,57,58). The molecule has 1 N–H and O–H groups in total. The molecule has 8 rings (SSSR count). The SMILES string of the molecule is CCOc1cccc(-c2ncc3snc(OC(Cc4ccccc4OCc4ccnc(-c5ccccc5OC)n4)C(=O)O)c3c2-c2ccc(OCCN3CCN(C)CC3)c(Cl)c2C)c1. The molecule has 0 amide bonds. The summed E-state index contributed by atoms with van der Waals surface area (Å²) in [6.45, 7) is 9.83. The zero-order valence-corrected chi connectivity index (χ0v) is 37.7. The quantitative estimate of drug-likeness (QED) is 0.0876. The Labute approximate surface area is 381 Å². The molecular weight excluding hydrogens is 852 g/mol. The predicted octanol–water partition coefficient (Wildman–Crippen LogP) is 9.13. The second kappa shape index (κ2) is 20.5. The molecule has 0 bridgehead atoms. The molecule has 1 fully saturated rings.